The van der Waals surface area contributed by atoms with Gasteiger partial charge in [0.1, 0.15) is 0 Å². The fourth-order valence-electron chi connectivity index (χ4n) is 3.33. The first kappa shape index (κ1) is 18.5. The topological polar surface area (TPSA) is 44.1 Å². The van der Waals surface area contributed by atoms with Crippen LogP contribution in [-0.2, 0) is 6.54 Å². The van der Waals surface area contributed by atoms with Crippen molar-refractivity contribution in [2.75, 3.05) is 7.11 Å². The van der Waals surface area contributed by atoms with Crippen LogP contribution in [0, 0.1) is 0 Å². The van der Waals surface area contributed by atoms with E-state index in [1.807, 2.05) is 42.5 Å². The maximum atomic E-state index is 13.3. The lowest BCUT2D eigenvalue weighted by Gasteiger charge is -2.17. The first-order valence-corrected chi connectivity index (χ1v) is 9.40. The van der Waals surface area contributed by atoms with Gasteiger partial charge in [-0.2, -0.15) is 0 Å². The number of halogens is 2. The molecule has 6 heteroatoms. The molecule has 0 bridgehead atoms. The van der Waals surface area contributed by atoms with Gasteiger partial charge in [-0.25, -0.2) is 0 Å². The molecule has 2 aromatic carbocycles. The van der Waals surface area contributed by atoms with Crippen LogP contribution >= 0.6 is 23.2 Å². The van der Waals surface area contributed by atoms with Crippen LogP contribution < -0.4 is 10.3 Å². The molecule has 28 heavy (non-hydrogen) atoms. The normalized spacial score (nSPS) is 11.0. The average Bonchev–Trinajstić information content (AvgIpc) is 2.70. The number of fused-ring (bicyclic) bond motifs is 1. The smallest absolute Gasteiger partial charge is 0.294 e. The summed E-state index contributed by atoms with van der Waals surface area (Å²) in [6.45, 7) is 0.342. The van der Waals surface area contributed by atoms with Gasteiger partial charge in [-0.05, 0) is 42.0 Å². The summed E-state index contributed by atoms with van der Waals surface area (Å²) in [6, 6.07) is 18.4. The predicted molar refractivity (Wildman–Crippen MR) is 114 cm³/mol. The van der Waals surface area contributed by atoms with Crippen LogP contribution in [0.5, 0.6) is 5.75 Å². The molecule has 0 N–H and O–H groups in total. The van der Waals surface area contributed by atoms with Gasteiger partial charge in [-0.1, -0.05) is 47.5 Å². The average molecular weight is 411 g/mol. The van der Waals surface area contributed by atoms with E-state index in [0.717, 1.165) is 10.9 Å². The van der Waals surface area contributed by atoms with Gasteiger partial charge < -0.3 is 9.30 Å². The second-order valence-corrected chi connectivity index (χ2v) is 7.18. The lowest BCUT2D eigenvalue weighted by molar-refractivity contribution is 0.407. The standard InChI is InChI=1S/C22H16Cl2N2O2/c1-28-21-20(18-7-2-3-10-25-18)17-9-8-16(24)12-19(17)26(22(21)27)13-14-5-4-6-15(23)11-14/h2-12H,13H2,1H3. The van der Waals surface area contributed by atoms with Crippen molar-refractivity contribution in [3.63, 3.8) is 0 Å². The van der Waals surface area contributed by atoms with E-state index in [2.05, 4.69) is 4.98 Å². The number of rotatable bonds is 4. The molecule has 0 unspecified atom stereocenters. The van der Waals surface area contributed by atoms with Gasteiger partial charge in [0.25, 0.3) is 5.56 Å². The van der Waals surface area contributed by atoms with Gasteiger partial charge in [0.05, 0.1) is 30.4 Å². The number of hydrogen-bond donors (Lipinski definition) is 0. The van der Waals surface area contributed by atoms with Gasteiger partial charge >= 0.3 is 0 Å². The minimum Gasteiger partial charge on any atom is -0.491 e. The Morgan fingerprint density at radius 2 is 1.82 bits per heavy atom. The first-order valence-electron chi connectivity index (χ1n) is 8.64. The summed E-state index contributed by atoms with van der Waals surface area (Å²) < 4.78 is 7.19. The third kappa shape index (κ3) is 3.37. The highest BCUT2D eigenvalue weighted by Crippen LogP contribution is 2.34. The van der Waals surface area contributed by atoms with Crippen molar-refractivity contribution >= 4 is 34.1 Å². The van der Waals surface area contributed by atoms with Crippen molar-refractivity contribution in [2.24, 2.45) is 0 Å². The molecule has 0 radical (unpaired) electrons. The van der Waals surface area contributed by atoms with E-state index in [4.69, 9.17) is 27.9 Å². The molecule has 0 saturated carbocycles. The lowest BCUT2D eigenvalue weighted by atomic mass is 10.0. The zero-order valence-electron chi connectivity index (χ0n) is 15.0. The molecule has 4 rings (SSSR count). The lowest BCUT2D eigenvalue weighted by Crippen LogP contribution is -2.23. The molecule has 0 amide bonds. The summed E-state index contributed by atoms with van der Waals surface area (Å²) in [5.74, 6) is 0.246. The van der Waals surface area contributed by atoms with Gasteiger partial charge in [-0.15, -0.1) is 0 Å². The quantitative estimate of drug-likeness (QED) is 0.450. The molecule has 0 fully saturated rings. The largest absolute Gasteiger partial charge is 0.491 e. The molecule has 0 aliphatic heterocycles. The van der Waals surface area contributed by atoms with E-state index < -0.39 is 0 Å². The number of aromatic nitrogens is 2. The van der Waals surface area contributed by atoms with Crippen molar-refractivity contribution in [2.45, 2.75) is 6.54 Å². The van der Waals surface area contributed by atoms with Crippen molar-refractivity contribution in [1.29, 1.82) is 0 Å². The van der Waals surface area contributed by atoms with Gasteiger partial charge in [0.2, 0.25) is 0 Å². The Kier molecular flexibility index (Phi) is 5.07. The fourth-order valence-corrected chi connectivity index (χ4v) is 3.71. The molecule has 0 aliphatic rings. The number of hydrogen-bond acceptors (Lipinski definition) is 3. The summed E-state index contributed by atoms with van der Waals surface area (Å²) in [5.41, 5.74) is 2.68. The van der Waals surface area contributed by atoms with Crippen LogP contribution in [0.25, 0.3) is 22.2 Å². The zero-order chi connectivity index (χ0) is 19.7. The highest BCUT2D eigenvalue weighted by atomic mass is 35.5. The van der Waals surface area contributed by atoms with Crippen molar-refractivity contribution in [3.05, 3.63) is 92.8 Å². The van der Waals surface area contributed by atoms with Crippen LogP contribution in [0.15, 0.2) is 71.7 Å². The van der Waals surface area contributed by atoms with Crippen molar-refractivity contribution in [1.82, 2.24) is 9.55 Å². The third-order valence-corrected chi connectivity index (χ3v) is 5.01. The van der Waals surface area contributed by atoms with Crippen LogP contribution in [0.2, 0.25) is 10.0 Å². The Balaban J connectivity index is 2.05. The maximum Gasteiger partial charge on any atom is 0.294 e. The molecular weight excluding hydrogens is 395 g/mol. The van der Waals surface area contributed by atoms with Crippen LogP contribution in [-0.4, -0.2) is 16.7 Å². The summed E-state index contributed by atoms with van der Waals surface area (Å²) >= 11 is 12.4. The number of methoxy groups -OCH3 is 1. The Labute approximate surface area is 171 Å². The third-order valence-electron chi connectivity index (χ3n) is 4.54. The summed E-state index contributed by atoms with van der Waals surface area (Å²) in [7, 11) is 1.49. The predicted octanol–water partition coefficient (Wildman–Crippen LogP) is 5.43. The van der Waals surface area contributed by atoms with Gasteiger partial charge in [0, 0.05) is 21.6 Å². The van der Waals surface area contributed by atoms with Gasteiger partial charge in [0.15, 0.2) is 5.75 Å². The van der Waals surface area contributed by atoms with E-state index in [9.17, 15) is 4.79 Å². The summed E-state index contributed by atoms with van der Waals surface area (Å²) in [4.78, 5) is 17.8. The summed E-state index contributed by atoms with van der Waals surface area (Å²) in [6.07, 6.45) is 1.69. The monoisotopic (exact) mass is 410 g/mol. The molecule has 2 aromatic heterocycles. The van der Waals surface area contributed by atoms with Crippen LogP contribution in [0.3, 0.4) is 0 Å². The van der Waals surface area contributed by atoms with E-state index in [1.54, 1.807) is 29.0 Å². The summed E-state index contributed by atoms with van der Waals surface area (Å²) in [5, 5.41) is 2.00. The van der Waals surface area contributed by atoms with Gasteiger partial charge in [-0.3, -0.25) is 9.78 Å². The minimum atomic E-state index is -0.252. The zero-order valence-corrected chi connectivity index (χ0v) is 16.5. The molecule has 140 valence electrons. The number of nitrogens with zero attached hydrogens (tertiary/aromatic N) is 2. The molecule has 2 heterocycles. The molecule has 0 atom stereocenters. The minimum absolute atomic E-state index is 0.246. The molecule has 0 saturated heterocycles. The molecular formula is C22H16Cl2N2O2. The fraction of sp³-hybridized carbons (Fsp3) is 0.0909. The van der Waals surface area contributed by atoms with Crippen molar-refractivity contribution in [3.8, 4) is 17.0 Å². The Bertz CT molecular complexity index is 1220. The Hall–Kier alpha value is -2.82. The van der Waals surface area contributed by atoms with E-state index in [1.165, 1.54) is 7.11 Å². The van der Waals surface area contributed by atoms with E-state index in [0.29, 0.717) is 33.4 Å². The highest BCUT2D eigenvalue weighted by Gasteiger charge is 2.20. The van der Waals surface area contributed by atoms with Crippen LogP contribution in [0.4, 0.5) is 0 Å². The highest BCUT2D eigenvalue weighted by molar-refractivity contribution is 6.31. The van der Waals surface area contributed by atoms with E-state index >= 15 is 0 Å². The molecule has 0 spiro atoms. The number of benzene rings is 2. The first-order chi connectivity index (χ1) is 13.6. The van der Waals surface area contributed by atoms with Crippen LogP contribution in [0.1, 0.15) is 5.56 Å². The second kappa shape index (κ2) is 7.66. The SMILES string of the molecule is COc1c(-c2ccccn2)c2ccc(Cl)cc2n(Cc2cccc(Cl)c2)c1=O. The second-order valence-electron chi connectivity index (χ2n) is 6.31. The maximum absolute atomic E-state index is 13.3. The molecule has 4 nitrogen and oxygen atoms in total. The number of ether oxygens (including phenoxy) is 1. The van der Waals surface area contributed by atoms with Crippen molar-refractivity contribution < 1.29 is 4.74 Å². The molecule has 4 aromatic rings. The molecule has 0 aliphatic carbocycles. The van der Waals surface area contributed by atoms with E-state index in [-0.39, 0.29) is 11.3 Å². The number of pyridine rings is 2. The Morgan fingerprint density at radius 1 is 1.00 bits per heavy atom. The Morgan fingerprint density at radius 3 is 2.54 bits per heavy atom.